The van der Waals surface area contributed by atoms with Gasteiger partial charge in [0.2, 0.25) is 0 Å². The van der Waals surface area contributed by atoms with Gasteiger partial charge in [-0.15, -0.1) is 0 Å². The van der Waals surface area contributed by atoms with Crippen LogP contribution in [-0.4, -0.2) is 38.4 Å². The van der Waals surface area contributed by atoms with Gasteiger partial charge in [0.15, 0.2) is 5.41 Å². The molecule has 22 heavy (non-hydrogen) atoms. The first kappa shape index (κ1) is 20.9. The van der Waals surface area contributed by atoms with Crippen LogP contribution in [0.15, 0.2) is 0 Å². The average molecular weight is 316 g/mol. The smallest absolute Gasteiger partial charge is 0.323 e. The number of carbonyl (C=O) groups is 2. The lowest BCUT2D eigenvalue weighted by atomic mass is 9.78. The van der Waals surface area contributed by atoms with Gasteiger partial charge in [0.1, 0.15) is 0 Å². The Morgan fingerprint density at radius 3 is 1.77 bits per heavy atom. The highest BCUT2D eigenvalue weighted by Crippen LogP contribution is 2.34. The van der Waals surface area contributed by atoms with E-state index in [0.29, 0.717) is 26.1 Å². The van der Waals surface area contributed by atoms with Gasteiger partial charge in [-0.25, -0.2) is 0 Å². The van der Waals surface area contributed by atoms with Crippen LogP contribution in [0.3, 0.4) is 0 Å². The van der Waals surface area contributed by atoms with Crippen molar-refractivity contribution in [3.8, 4) is 0 Å². The van der Waals surface area contributed by atoms with E-state index in [4.69, 9.17) is 14.2 Å². The minimum absolute atomic E-state index is 0.269. The Balaban J connectivity index is 4.99. The van der Waals surface area contributed by atoms with Crippen LogP contribution in [-0.2, 0) is 23.8 Å². The zero-order valence-electron chi connectivity index (χ0n) is 14.6. The van der Waals surface area contributed by atoms with Crippen LogP contribution in [0, 0.1) is 5.41 Å². The Hall–Kier alpha value is -1.10. The quantitative estimate of drug-likeness (QED) is 0.296. The second kappa shape index (κ2) is 12.4. The molecule has 130 valence electrons. The topological polar surface area (TPSA) is 61.8 Å². The van der Waals surface area contributed by atoms with Crippen LogP contribution in [0.2, 0.25) is 0 Å². The third-order valence-electron chi connectivity index (χ3n) is 3.64. The fourth-order valence-corrected chi connectivity index (χ4v) is 2.41. The monoisotopic (exact) mass is 316 g/mol. The molecule has 0 saturated carbocycles. The summed E-state index contributed by atoms with van der Waals surface area (Å²) in [5, 5.41) is 0. The number of carbonyl (C=O) groups excluding carboxylic acids is 2. The highest BCUT2D eigenvalue weighted by atomic mass is 16.6. The molecule has 5 nitrogen and oxygen atoms in total. The molecule has 0 fully saturated rings. The van der Waals surface area contributed by atoms with Gasteiger partial charge in [-0.3, -0.25) is 9.59 Å². The molecular weight excluding hydrogens is 284 g/mol. The number of rotatable bonds is 13. The second-order valence-corrected chi connectivity index (χ2v) is 5.28. The minimum atomic E-state index is -1.16. The first-order valence-electron chi connectivity index (χ1n) is 8.51. The molecule has 0 radical (unpaired) electrons. The molecule has 0 aliphatic carbocycles. The van der Waals surface area contributed by atoms with Crippen molar-refractivity contribution in [2.75, 3.05) is 26.4 Å². The molecule has 0 amide bonds. The summed E-state index contributed by atoms with van der Waals surface area (Å²) in [7, 11) is 0. The van der Waals surface area contributed by atoms with E-state index in [0.717, 1.165) is 25.7 Å². The summed E-state index contributed by atoms with van der Waals surface area (Å²) in [5.41, 5.74) is -1.16. The summed E-state index contributed by atoms with van der Waals surface area (Å²) in [4.78, 5) is 24.9. The maximum Gasteiger partial charge on any atom is 0.323 e. The summed E-state index contributed by atoms with van der Waals surface area (Å²) in [6.45, 7) is 9.35. The predicted molar refractivity (Wildman–Crippen MR) is 85.6 cm³/mol. The largest absolute Gasteiger partial charge is 0.465 e. The number of ether oxygens (including phenoxy) is 3. The molecule has 0 spiro atoms. The zero-order chi connectivity index (χ0) is 16.8. The predicted octanol–water partition coefficient (Wildman–Crippen LogP) is 3.50. The summed E-state index contributed by atoms with van der Waals surface area (Å²) in [6.07, 6.45) is 4.21. The van der Waals surface area contributed by atoms with Crippen LogP contribution in [0.4, 0.5) is 0 Å². The number of hydrogen-bond donors (Lipinski definition) is 0. The van der Waals surface area contributed by atoms with E-state index in [1.807, 2.05) is 13.8 Å². The Morgan fingerprint density at radius 1 is 0.773 bits per heavy atom. The van der Waals surface area contributed by atoms with E-state index in [-0.39, 0.29) is 13.2 Å². The molecule has 0 aromatic heterocycles. The van der Waals surface area contributed by atoms with E-state index in [1.165, 1.54) is 0 Å². The van der Waals surface area contributed by atoms with Crippen molar-refractivity contribution in [1.82, 2.24) is 0 Å². The summed E-state index contributed by atoms with van der Waals surface area (Å²) >= 11 is 0. The molecule has 0 rings (SSSR count). The summed E-state index contributed by atoms with van der Waals surface area (Å²) < 4.78 is 15.7. The molecular formula is C17H32O5. The second-order valence-electron chi connectivity index (χ2n) is 5.28. The van der Waals surface area contributed by atoms with E-state index < -0.39 is 17.4 Å². The Kier molecular flexibility index (Phi) is 11.8. The fourth-order valence-electron chi connectivity index (χ4n) is 2.41. The van der Waals surface area contributed by atoms with Gasteiger partial charge in [-0.05, 0) is 46.5 Å². The molecule has 0 saturated heterocycles. The lowest BCUT2D eigenvalue weighted by Gasteiger charge is -2.29. The summed E-state index contributed by atoms with van der Waals surface area (Å²) in [5.74, 6) is -0.892. The van der Waals surface area contributed by atoms with Crippen molar-refractivity contribution in [2.24, 2.45) is 5.41 Å². The third-order valence-corrected chi connectivity index (χ3v) is 3.64. The molecule has 0 N–H and O–H groups in total. The van der Waals surface area contributed by atoms with Crippen molar-refractivity contribution in [1.29, 1.82) is 0 Å². The van der Waals surface area contributed by atoms with Gasteiger partial charge in [0, 0.05) is 13.2 Å². The van der Waals surface area contributed by atoms with Crippen LogP contribution >= 0.6 is 0 Å². The normalized spacial score (nSPS) is 11.3. The SMILES string of the molecule is CCCCC(CCCCOCC)(C(=O)OCC)C(=O)OCC. The number of unbranched alkanes of at least 4 members (excludes halogenated alkanes) is 2. The van der Waals surface area contributed by atoms with Gasteiger partial charge in [0.25, 0.3) is 0 Å². The van der Waals surface area contributed by atoms with Crippen molar-refractivity contribution in [3.05, 3.63) is 0 Å². The number of hydrogen-bond acceptors (Lipinski definition) is 5. The Labute approximate surface area is 134 Å². The first-order valence-corrected chi connectivity index (χ1v) is 8.51. The van der Waals surface area contributed by atoms with Crippen molar-refractivity contribution >= 4 is 11.9 Å². The Bertz CT molecular complexity index is 296. The van der Waals surface area contributed by atoms with Gasteiger partial charge in [0.05, 0.1) is 13.2 Å². The molecule has 0 aliphatic heterocycles. The highest BCUT2D eigenvalue weighted by Gasteiger charge is 2.47. The van der Waals surface area contributed by atoms with E-state index >= 15 is 0 Å². The van der Waals surface area contributed by atoms with Gasteiger partial charge >= 0.3 is 11.9 Å². The minimum Gasteiger partial charge on any atom is -0.465 e. The van der Waals surface area contributed by atoms with E-state index in [9.17, 15) is 9.59 Å². The zero-order valence-corrected chi connectivity index (χ0v) is 14.6. The highest BCUT2D eigenvalue weighted by molar-refractivity contribution is 6.00. The Morgan fingerprint density at radius 2 is 1.32 bits per heavy atom. The lowest BCUT2D eigenvalue weighted by molar-refractivity contribution is -0.173. The molecule has 0 unspecified atom stereocenters. The van der Waals surface area contributed by atoms with E-state index in [2.05, 4.69) is 0 Å². The fraction of sp³-hybridized carbons (Fsp3) is 0.882. The lowest BCUT2D eigenvalue weighted by Crippen LogP contribution is -2.42. The maximum absolute atomic E-state index is 12.5. The molecule has 0 aliphatic rings. The van der Waals surface area contributed by atoms with Gasteiger partial charge < -0.3 is 14.2 Å². The molecule has 5 heteroatoms. The maximum atomic E-state index is 12.5. The van der Waals surface area contributed by atoms with Crippen molar-refractivity contribution < 1.29 is 23.8 Å². The van der Waals surface area contributed by atoms with Gasteiger partial charge in [-0.1, -0.05) is 19.8 Å². The van der Waals surface area contributed by atoms with Crippen molar-refractivity contribution in [3.63, 3.8) is 0 Å². The van der Waals surface area contributed by atoms with Crippen molar-refractivity contribution in [2.45, 2.75) is 66.2 Å². The molecule has 0 aromatic carbocycles. The van der Waals surface area contributed by atoms with Crippen LogP contribution in [0.5, 0.6) is 0 Å². The average Bonchev–Trinajstić information content (AvgIpc) is 2.50. The van der Waals surface area contributed by atoms with Crippen LogP contribution in [0.25, 0.3) is 0 Å². The molecule has 0 aromatic rings. The van der Waals surface area contributed by atoms with Gasteiger partial charge in [-0.2, -0.15) is 0 Å². The first-order chi connectivity index (χ1) is 10.6. The molecule has 0 heterocycles. The molecule has 0 bridgehead atoms. The number of esters is 2. The molecule has 0 atom stereocenters. The van der Waals surface area contributed by atoms with Crippen LogP contribution < -0.4 is 0 Å². The van der Waals surface area contributed by atoms with Crippen LogP contribution in [0.1, 0.15) is 66.2 Å². The third kappa shape index (κ3) is 6.77. The summed E-state index contributed by atoms with van der Waals surface area (Å²) in [6, 6.07) is 0. The standard InChI is InChI=1S/C17H32O5/c1-5-9-12-17(15(18)21-7-3,16(19)22-8-4)13-10-11-14-20-6-2/h5-14H2,1-4H3. The van der Waals surface area contributed by atoms with E-state index in [1.54, 1.807) is 13.8 Å².